The predicted molar refractivity (Wildman–Crippen MR) is 68.2 cm³/mol. The van der Waals surface area contributed by atoms with Crippen LogP contribution in [0.2, 0.25) is 0 Å². The van der Waals surface area contributed by atoms with Gasteiger partial charge in [0.15, 0.2) is 0 Å². The van der Waals surface area contributed by atoms with E-state index in [-0.39, 0.29) is 0 Å². The molecular formula is C12H17N3OS. The SMILES string of the molecule is Cc1nsc(NC(C)C2CCOCC2)c1C#N. The first kappa shape index (κ1) is 12.3. The van der Waals surface area contributed by atoms with E-state index in [1.165, 1.54) is 11.5 Å². The van der Waals surface area contributed by atoms with Crippen molar-refractivity contribution in [3.63, 3.8) is 0 Å². The largest absolute Gasteiger partial charge is 0.381 e. The maximum Gasteiger partial charge on any atom is 0.127 e. The van der Waals surface area contributed by atoms with Crippen LogP contribution in [0.25, 0.3) is 0 Å². The van der Waals surface area contributed by atoms with Gasteiger partial charge in [-0.05, 0) is 44.1 Å². The van der Waals surface area contributed by atoms with Crippen molar-refractivity contribution in [2.75, 3.05) is 18.5 Å². The summed E-state index contributed by atoms with van der Waals surface area (Å²) in [5, 5.41) is 13.4. The molecule has 1 aliphatic rings. The molecular weight excluding hydrogens is 234 g/mol. The third-order valence-corrected chi connectivity index (χ3v) is 4.18. The Bertz CT molecular complexity index is 418. The van der Waals surface area contributed by atoms with Gasteiger partial charge in [-0.3, -0.25) is 0 Å². The maximum absolute atomic E-state index is 9.07. The lowest BCUT2D eigenvalue weighted by Crippen LogP contribution is -2.30. The van der Waals surface area contributed by atoms with E-state index in [4.69, 9.17) is 10.00 Å². The molecule has 4 nitrogen and oxygen atoms in total. The minimum absolute atomic E-state index is 0.367. The molecule has 1 atom stereocenters. The Balaban J connectivity index is 2.02. The van der Waals surface area contributed by atoms with Crippen molar-refractivity contribution in [3.8, 4) is 6.07 Å². The average Bonchev–Trinajstić information content (AvgIpc) is 2.71. The molecule has 1 N–H and O–H groups in total. The smallest absolute Gasteiger partial charge is 0.127 e. The van der Waals surface area contributed by atoms with Crippen LogP contribution in [0.15, 0.2) is 0 Å². The van der Waals surface area contributed by atoms with Crippen LogP contribution >= 0.6 is 11.5 Å². The molecule has 0 spiro atoms. The van der Waals surface area contributed by atoms with Gasteiger partial charge in [-0.1, -0.05) is 0 Å². The summed E-state index contributed by atoms with van der Waals surface area (Å²) in [6.07, 6.45) is 2.18. The number of anilines is 1. The van der Waals surface area contributed by atoms with E-state index in [9.17, 15) is 0 Å². The number of hydrogen-bond acceptors (Lipinski definition) is 5. The lowest BCUT2D eigenvalue weighted by atomic mass is 9.93. The third-order valence-electron chi connectivity index (χ3n) is 3.31. The lowest BCUT2D eigenvalue weighted by molar-refractivity contribution is 0.0622. The maximum atomic E-state index is 9.07. The second-order valence-electron chi connectivity index (χ2n) is 4.47. The minimum Gasteiger partial charge on any atom is -0.381 e. The quantitative estimate of drug-likeness (QED) is 0.897. The molecule has 1 aromatic rings. The first-order chi connectivity index (χ1) is 8.22. The van der Waals surface area contributed by atoms with Gasteiger partial charge in [0.25, 0.3) is 0 Å². The van der Waals surface area contributed by atoms with E-state index < -0.39 is 0 Å². The van der Waals surface area contributed by atoms with Gasteiger partial charge in [-0.15, -0.1) is 0 Å². The van der Waals surface area contributed by atoms with Crippen LogP contribution in [0, 0.1) is 24.2 Å². The van der Waals surface area contributed by atoms with Crippen LogP contribution in [0.5, 0.6) is 0 Å². The number of nitrogens with one attached hydrogen (secondary N) is 1. The van der Waals surface area contributed by atoms with Crippen molar-refractivity contribution in [1.29, 1.82) is 5.26 Å². The molecule has 0 aliphatic carbocycles. The Kier molecular flexibility index (Phi) is 3.97. The Morgan fingerprint density at radius 2 is 2.24 bits per heavy atom. The Morgan fingerprint density at radius 1 is 1.53 bits per heavy atom. The van der Waals surface area contributed by atoms with Crippen LogP contribution in [0.4, 0.5) is 5.00 Å². The molecule has 1 unspecified atom stereocenters. The predicted octanol–water partition coefficient (Wildman–Crippen LogP) is 2.55. The Morgan fingerprint density at radius 3 is 2.88 bits per heavy atom. The average molecular weight is 251 g/mol. The van der Waals surface area contributed by atoms with Crippen molar-refractivity contribution in [1.82, 2.24) is 4.37 Å². The van der Waals surface area contributed by atoms with Gasteiger partial charge in [-0.2, -0.15) is 9.64 Å². The number of aryl methyl sites for hydroxylation is 1. The number of nitrogens with zero attached hydrogens (tertiary/aromatic N) is 2. The summed E-state index contributed by atoms with van der Waals surface area (Å²) < 4.78 is 9.58. The molecule has 2 heterocycles. The second kappa shape index (κ2) is 5.48. The van der Waals surface area contributed by atoms with Crippen LogP contribution in [0.3, 0.4) is 0 Å². The van der Waals surface area contributed by atoms with Gasteiger partial charge in [0, 0.05) is 19.3 Å². The molecule has 0 bridgehead atoms. The molecule has 1 saturated heterocycles. The van der Waals surface area contributed by atoms with Crippen molar-refractivity contribution < 1.29 is 4.74 Å². The van der Waals surface area contributed by atoms with E-state index in [0.29, 0.717) is 17.5 Å². The summed E-state index contributed by atoms with van der Waals surface area (Å²) in [6.45, 7) is 5.75. The van der Waals surface area contributed by atoms with Crippen LogP contribution < -0.4 is 5.32 Å². The molecule has 0 radical (unpaired) electrons. The summed E-state index contributed by atoms with van der Waals surface area (Å²) in [7, 11) is 0. The summed E-state index contributed by atoms with van der Waals surface area (Å²) in [5.74, 6) is 0.623. The summed E-state index contributed by atoms with van der Waals surface area (Å²) in [5.41, 5.74) is 1.51. The zero-order valence-corrected chi connectivity index (χ0v) is 11.0. The van der Waals surface area contributed by atoms with Gasteiger partial charge in [-0.25, -0.2) is 0 Å². The molecule has 17 heavy (non-hydrogen) atoms. The molecule has 0 amide bonds. The molecule has 5 heteroatoms. The van der Waals surface area contributed by atoms with E-state index in [2.05, 4.69) is 22.7 Å². The zero-order valence-electron chi connectivity index (χ0n) is 10.2. The minimum atomic E-state index is 0.367. The van der Waals surface area contributed by atoms with Crippen LogP contribution in [-0.4, -0.2) is 23.6 Å². The fourth-order valence-electron chi connectivity index (χ4n) is 2.14. The highest BCUT2D eigenvalue weighted by atomic mass is 32.1. The Hall–Kier alpha value is -1.12. The fourth-order valence-corrected chi connectivity index (χ4v) is 2.98. The highest BCUT2D eigenvalue weighted by Gasteiger charge is 2.22. The van der Waals surface area contributed by atoms with E-state index in [1.807, 2.05) is 6.92 Å². The van der Waals surface area contributed by atoms with Gasteiger partial charge in [0.05, 0.1) is 5.69 Å². The fraction of sp³-hybridized carbons (Fsp3) is 0.667. The monoisotopic (exact) mass is 251 g/mol. The number of hydrogen-bond donors (Lipinski definition) is 1. The summed E-state index contributed by atoms with van der Waals surface area (Å²) in [6, 6.07) is 2.58. The van der Waals surface area contributed by atoms with Gasteiger partial charge in [0.1, 0.15) is 16.6 Å². The van der Waals surface area contributed by atoms with E-state index in [1.54, 1.807) is 0 Å². The first-order valence-corrected chi connectivity index (χ1v) is 6.70. The highest BCUT2D eigenvalue weighted by Crippen LogP contribution is 2.27. The van der Waals surface area contributed by atoms with Crippen LogP contribution in [-0.2, 0) is 4.74 Å². The number of nitriles is 1. The molecule has 1 aliphatic heterocycles. The molecule has 0 aromatic carbocycles. The van der Waals surface area contributed by atoms with Gasteiger partial charge < -0.3 is 10.1 Å². The van der Waals surface area contributed by atoms with E-state index >= 15 is 0 Å². The van der Waals surface area contributed by atoms with Crippen molar-refractivity contribution in [3.05, 3.63) is 11.3 Å². The zero-order chi connectivity index (χ0) is 12.3. The number of rotatable bonds is 3. The molecule has 2 rings (SSSR count). The van der Waals surface area contributed by atoms with Crippen LogP contribution in [0.1, 0.15) is 31.0 Å². The lowest BCUT2D eigenvalue weighted by Gasteiger charge is -2.28. The first-order valence-electron chi connectivity index (χ1n) is 5.93. The second-order valence-corrected chi connectivity index (χ2v) is 5.24. The molecule has 0 saturated carbocycles. The molecule has 1 aromatic heterocycles. The topological polar surface area (TPSA) is 57.9 Å². The van der Waals surface area contributed by atoms with E-state index in [0.717, 1.165) is 36.8 Å². The van der Waals surface area contributed by atoms with Crippen molar-refractivity contribution in [2.24, 2.45) is 5.92 Å². The molecule has 1 fully saturated rings. The standard InChI is InChI=1S/C12H17N3OS/c1-8(10-3-5-16-6-4-10)14-12-11(7-13)9(2)15-17-12/h8,10,14H,3-6H2,1-2H3. The van der Waals surface area contributed by atoms with Crippen molar-refractivity contribution >= 4 is 16.5 Å². The van der Waals surface area contributed by atoms with Crippen molar-refractivity contribution in [2.45, 2.75) is 32.7 Å². The van der Waals surface area contributed by atoms with Gasteiger partial charge >= 0.3 is 0 Å². The number of ether oxygens (including phenoxy) is 1. The summed E-state index contributed by atoms with van der Waals surface area (Å²) in [4.78, 5) is 0. The molecule has 92 valence electrons. The normalized spacial score (nSPS) is 18.6. The number of aromatic nitrogens is 1. The Labute approximate surface area is 106 Å². The third kappa shape index (κ3) is 2.76. The van der Waals surface area contributed by atoms with Gasteiger partial charge in [0.2, 0.25) is 0 Å². The summed E-state index contributed by atoms with van der Waals surface area (Å²) >= 11 is 1.38. The highest BCUT2D eigenvalue weighted by molar-refractivity contribution is 7.10.